The summed E-state index contributed by atoms with van der Waals surface area (Å²) in [5.74, 6) is 0.120. The summed E-state index contributed by atoms with van der Waals surface area (Å²) in [5, 5.41) is 3.58. The predicted octanol–water partition coefficient (Wildman–Crippen LogP) is 2.40. The molecule has 0 radical (unpaired) electrons. The third kappa shape index (κ3) is 2.32. The molecule has 18 heavy (non-hydrogen) atoms. The maximum atomic E-state index is 12.4. The van der Waals surface area contributed by atoms with Crippen molar-refractivity contribution >= 4 is 11.6 Å². The van der Waals surface area contributed by atoms with Crippen molar-refractivity contribution in [2.75, 3.05) is 0 Å². The zero-order valence-corrected chi connectivity index (χ0v) is 9.70. The Kier molecular flexibility index (Phi) is 3.27. The molecular weight excluding hydrogens is 269 g/mol. The minimum absolute atomic E-state index is 0.120. The van der Waals surface area contributed by atoms with Crippen molar-refractivity contribution in [2.24, 2.45) is 5.73 Å². The number of alkyl halides is 3. The smallest absolute Gasteiger partial charge is 0.326 e. The Hall–Kier alpha value is -1.60. The topological polar surface area (TPSA) is 56.7 Å². The van der Waals surface area contributed by atoms with Gasteiger partial charge in [-0.1, -0.05) is 11.6 Å². The second-order valence-electron chi connectivity index (χ2n) is 3.46. The van der Waals surface area contributed by atoms with E-state index in [1.807, 2.05) is 0 Å². The number of pyridine rings is 1. The highest BCUT2D eigenvalue weighted by atomic mass is 35.5. The molecule has 0 bridgehead atoms. The van der Waals surface area contributed by atoms with Crippen LogP contribution in [0.2, 0.25) is 5.02 Å². The van der Waals surface area contributed by atoms with E-state index in [-0.39, 0.29) is 17.4 Å². The maximum Gasteiger partial charge on any atom is 0.435 e. The third-order valence-electron chi connectivity index (χ3n) is 2.27. The van der Waals surface area contributed by atoms with Crippen LogP contribution in [0.15, 0.2) is 24.5 Å². The van der Waals surface area contributed by atoms with Gasteiger partial charge in [-0.15, -0.1) is 0 Å². The third-order valence-corrected chi connectivity index (χ3v) is 2.68. The van der Waals surface area contributed by atoms with Crippen molar-refractivity contribution in [2.45, 2.75) is 12.7 Å². The molecule has 0 saturated carbocycles. The molecule has 4 nitrogen and oxygen atoms in total. The fourth-order valence-electron chi connectivity index (χ4n) is 1.38. The molecule has 2 heterocycles. The minimum atomic E-state index is -4.50. The molecule has 2 rings (SSSR count). The lowest BCUT2D eigenvalue weighted by molar-refractivity contribution is -0.141. The monoisotopic (exact) mass is 276 g/mol. The second kappa shape index (κ2) is 4.58. The van der Waals surface area contributed by atoms with Gasteiger partial charge in [0.05, 0.1) is 5.02 Å². The van der Waals surface area contributed by atoms with Gasteiger partial charge in [0.15, 0.2) is 11.5 Å². The molecule has 0 fully saturated rings. The van der Waals surface area contributed by atoms with Crippen LogP contribution in [0.1, 0.15) is 11.3 Å². The summed E-state index contributed by atoms with van der Waals surface area (Å²) in [5.41, 5.74) is 5.04. The van der Waals surface area contributed by atoms with E-state index in [9.17, 15) is 13.2 Å². The number of nitrogens with two attached hydrogens (primary N) is 1. The summed E-state index contributed by atoms with van der Waals surface area (Å²) >= 11 is 5.98. The molecule has 0 aliphatic carbocycles. The zero-order valence-electron chi connectivity index (χ0n) is 8.95. The minimum Gasteiger partial charge on any atom is -0.326 e. The number of hydrogen-bond acceptors (Lipinski definition) is 3. The van der Waals surface area contributed by atoms with Gasteiger partial charge in [-0.2, -0.15) is 18.3 Å². The number of nitrogens with zero attached hydrogens (tertiary/aromatic N) is 3. The van der Waals surface area contributed by atoms with E-state index in [0.29, 0.717) is 5.56 Å². The number of hydrogen-bond donors (Lipinski definition) is 1. The number of halogens is 4. The molecule has 0 aromatic carbocycles. The lowest BCUT2D eigenvalue weighted by Crippen LogP contribution is -2.09. The van der Waals surface area contributed by atoms with Gasteiger partial charge in [-0.3, -0.25) is 0 Å². The van der Waals surface area contributed by atoms with E-state index in [0.717, 1.165) is 16.9 Å². The lowest BCUT2D eigenvalue weighted by Gasteiger charge is -2.07. The van der Waals surface area contributed by atoms with Gasteiger partial charge in [-0.25, -0.2) is 9.67 Å². The first kappa shape index (κ1) is 12.8. The Morgan fingerprint density at radius 1 is 1.33 bits per heavy atom. The molecule has 0 saturated heterocycles. The standard InChI is InChI=1S/C10H8ClF3N4/c11-8-6(5-15)1-3-16-9(8)18-4-2-7(17-18)10(12,13)14/h1-4H,5,15H2. The van der Waals surface area contributed by atoms with Gasteiger partial charge in [-0.05, 0) is 17.7 Å². The first-order valence-electron chi connectivity index (χ1n) is 4.90. The first-order chi connectivity index (χ1) is 8.43. The summed E-state index contributed by atoms with van der Waals surface area (Å²) < 4.78 is 38.2. The van der Waals surface area contributed by atoms with E-state index in [1.165, 1.54) is 6.20 Å². The molecule has 0 spiro atoms. The largest absolute Gasteiger partial charge is 0.435 e. The van der Waals surface area contributed by atoms with Crippen LogP contribution in [-0.4, -0.2) is 14.8 Å². The van der Waals surface area contributed by atoms with Crippen molar-refractivity contribution < 1.29 is 13.2 Å². The van der Waals surface area contributed by atoms with E-state index in [4.69, 9.17) is 17.3 Å². The Balaban J connectivity index is 2.47. The maximum absolute atomic E-state index is 12.4. The highest BCUT2D eigenvalue weighted by Crippen LogP contribution is 2.29. The molecule has 2 aromatic heterocycles. The van der Waals surface area contributed by atoms with E-state index in [1.54, 1.807) is 6.07 Å². The van der Waals surface area contributed by atoms with Crippen LogP contribution in [0.3, 0.4) is 0 Å². The van der Waals surface area contributed by atoms with Crippen LogP contribution in [0, 0.1) is 0 Å². The second-order valence-corrected chi connectivity index (χ2v) is 3.83. The van der Waals surface area contributed by atoms with Gasteiger partial charge in [0.1, 0.15) is 0 Å². The van der Waals surface area contributed by atoms with Gasteiger partial charge in [0, 0.05) is 18.9 Å². The summed E-state index contributed by atoms with van der Waals surface area (Å²) in [4.78, 5) is 3.90. The first-order valence-corrected chi connectivity index (χ1v) is 5.28. The zero-order chi connectivity index (χ0) is 13.3. The van der Waals surface area contributed by atoms with Gasteiger partial charge in [0.2, 0.25) is 0 Å². The van der Waals surface area contributed by atoms with Crippen molar-refractivity contribution in [1.29, 1.82) is 0 Å². The van der Waals surface area contributed by atoms with Crippen LogP contribution in [-0.2, 0) is 12.7 Å². The Bertz CT molecular complexity index is 564. The molecule has 0 unspecified atom stereocenters. The average Bonchev–Trinajstić information content (AvgIpc) is 2.78. The summed E-state index contributed by atoms with van der Waals surface area (Å²) in [6.07, 6.45) is -1.93. The van der Waals surface area contributed by atoms with Crippen LogP contribution in [0.4, 0.5) is 13.2 Å². The molecule has 0 atom stereocenters. The van der Waals surface area contributed by atoms with Gasteiger partial charge in [0.25, 0.3) is 0 Å². The van der Waals surface area contributed by atoms with Crippen LogP contribution < -0.4 is 5.73 Å². The molecular formula is C10H8ClF3N4. The quantitative estimate of drug-likeness (QED) is 0.916. The normalized spacial score (nSPS) is 11.8. The van der Waals surface area contributed by atoms with Gasteiger partial charge >= 0.3 is 6.18 Å². The Labute approximate surface area is 105 Å². The molecule has 0 aliphatic heterocycles. The highest BCUT2D eigenvalue weighted by Gasteiger charge is 2.33. The number of aromatic nitrogens is 3. The fourth-order valence-corrected chi connectivity index (χ4v) is 1.66. The fraction of sp³-hybridized carbons (Fsp3) is 0.200. The Morgan fingerprint density at radius 2 is 2.06 bits per heavy atom. The van der Waals surface area contributed by atoms with Crippen molar-refractivity contribution in [3.63, 3.8) is 0 Å². The van der Waals surface area contributed by atoms with Gasteiger partial charge < -0.3 is 5.73 Å². The van der Waals surface area contributed by atoms with Crippen LogP contribution in [0.5, 0.6) is 0 Å². The van der Waals surface area contributed by atoms with E-state index in [2.05, 4.69) is 10.1 Å². The van der Waals surface area contributed by atoms with E-state index < -0.39 is 11.9 Å². The molecule has 96 valence electrons. The molecule has 2 N–H and O–H groups in total. The number of rotatable bonds is 2. The molecule has 0 amide bonds. The Morgan fingerprint density at radius 3 is 2.61 bits per heavy atom. The average molecular weight is 277 g/mol. The predicted molar refractivity (Wildman–Crippen MR) is 59.3 cm³/mol. The molecule has 2 aromatic rings. The molecule has 8 heteroatoms. The summed E-state index contributed by atoms with van der Waals surface area (Å²) in [6.45, 7) is 0.168. The van der Waals surface area contributed by atoms with Crippen molar-refractivity contribution in [3.05, 3.63) is 40.8 Å². The lowest BCUT2D eigenvalue weighted by atomic mass is 10.2. The van der Waals surface area contributed by atoms with Crippen molar-refractivity contribution in [3.8, 4) is 5.82 Å². The van der Waals surface area contributed by atoms with Crippen LogP contribution >= 0.6 is 11.6 Å². The van der Waals surface area contributed by atoms with Crippen LogP contribution in [0.25, 0.3) is 5.82 Å². The molecule has 0 aliphatic rings. The highest BCUT2D eigenvalue weighted by molar-refractivity contribution is 6.32. The van der Waals surface area contributed by atoms with Crippen molar-refractivity contribution in [1.82, 2.24) is 14.8 Å². The summed E-state index contributed by atoms with van der Waals surface area (Å²) in [7, 11) is 0. The SMILES string of the molecule is NCc1ccnc(-n2ccc(C(F)(F)F)n2)c1Cl. The van der Waals surface area contributed by atoms with E-state index >= 15 is 0 Å². The summed E-state index contributed by atoms with van der Waals surface area (Å²) in [6, 6.07) is 2.45.